The first-order valence-corrected chi connectivity index (χ1v) is 8.41. The van der Waals surface area contributed by atoms with Crippen molar-refractivity contribution in [2.45, 2.75) is 31.6 Å². The van der Waals surface area contributed by atoms with Gasteiger partial charge in [0.2, 0.25) is 0 Å². The monoisotopic (exact) mass is 332 g/mol. The van der Waals surface area contributed by atoms with Crippen LogP contribution in [0.4, 0.5) is 4.39 Å². The summed E-state index contributed by atoms with van der Waals surface area (Å²) in [7, 11) is 0. The maximum atomic E-state index is 12.8. The molecule has 0 unspecified atom stereocenters. The zero-order valence-electron chi connectivity index (χ0n) is 13.5. The fourth-order valence-corrected chi connectivity index (χ4v) is 3.46. The van der Waals surface area contributed by atoms with Gasteiger partial charge in [0.1, 0.15) is 11.6 Å². The summed E-state index contributed by atoms with van der Waals surface area (Å²) in [6.45, 7) is 4.14. The van der Waals surface area contributed by atoms with E-state index in [0.29, 0.717) is 25.0 Å². The van der Waals surface area contributed by atoms with E-state index < -0.39 is 0 Å². The van der Waals surface area contributed by atoms with Gasteiger partial charge >= 0.3 is 0 Å². The molecule has 7 heteroatoms. The topological polar surface area (TPSA) is 52.4 Å². The Kier molecular flexibility index (Phi) is 4.44. The van der Waals surface area contributed by atoms with Crippen molar-refractivity contribution in [3.63, 3.8) is 0 Å². The van der Waals surface area contributed by atoms with Crippen molar-refractivity contribution in [2.75, 3.05) is 26.2 Å². The molecule has 24 heavy (non-hydrogen) atoms. The highest BCUT2D eigenvalue weighted by atomic mass is 19.1. The Morgan fingerprint density at radius 1 is 1.29 bits per heavy atom. The number of aromatic nitrogens is 3. The first-order valence-electron chi connectivity index (χ1n) is 8.41. The van der Waals surface area contributed by atoms with Crippen LogP contribution in [-0.2, 0) is 11.3 Å². The van der Waals surface area contributed by atoms with Gasteiger partial charge in [-0.25, -0.2) is 9.07 Å². The van der Waals surface area contributed by atoms with Crippen molar-refractivity contribution in [3.8, 4) is 5.75 Å². The minimum atomic E-state index is -0.242. The molecule has 1 fully saturated rings. The number of hydrogen-bond acceptors (Lipinski definition) is 5. The summed E-state index contributed by atoms with van der Waals surface area (Å²) >= 11 is 0. The molecule has 0 radical (unpaired) electrons. The molecule has 0 bridgehead atoms. The van der Waals surface area contributed by atoms with Crippen molar-refractivity contribution in [2.24, 2.45) is 0 Å². The number of halogens is 1. The summed E-state index contributed by atoms with van der Waals surface area (Å²) in [6.07, 6.45) is 3.93. The van der Waals surface area contributed by atoms with E-state index in [2.05, 4.69) is 15.2 Å². The lowest BCUT2D eigenvalue weighted by atomic mass is 10.00. The molecule has 1 saturated heterocycles. The third-order valence-corrected chi connectivity index (χ3v) is 4.72. The minimum absolute atomic E-state index is 0.186. The molecule has 2 aliphatic rings. The summed E-state index contributed by atoms with van der Waals surface area (Å²) in [6, 6.07) is 6.46. The number of fused-ring (bicyclic) bond motifs is 3. The number of piperidine rings is 1. The van der Waals surface area contributed by atoms with E-state index in [1.54, 1.807) is 18.3 Å². The predicted octanol–water partition coefficient (Wildman–Crippen LogP) is 2.03. The van der Waals surface area contributed by atoms with Crippen molar-refractivity contribution in [1.82, 2.24) is 19.9 Å². The van der Waals surface area contributed by atoms with Crippen molar-refractivity contribution in [3.05, 3.63) is 42.0 Å². The Labute approximate surface area is 140 Å². The van der Waals surface area contributed by atoms with Gasteiger partial charge in [-0.05, 0) is 37.1 Å². The molecule has 1 aromatic heterocycles. The molecule has 6 nitrogen and oxygen atoms in total. The number of rotatable bonds is 5. The second-order valence-corrected chi connectivity index (χ2v) is 6.33. The molecule has 2 aliphatic heterocycles. The average molecular weight is 332 g/mol. The van der Waals surface area contributed by atoms with E-state index in [9.17, 15) is 4.39 Å². The van der Waals surface area contributed by atoms with Crippen molar-refractivity contribution >= 4 is 0 Å². The maximum Gasteiger partial charge on any atom is 0.123 e. The molecular weight excluding hydrogens is 311 g/mol. The van der Waals surface area contributed by atoms with E-state index in [-0.39, 0.29) is 11.9 Å². The van der Waals surface area contributed by atoms with E-state index in [1.807, 2.05) is 4.68 Å². The third kappa shape index (κ3) is 3.27. The Morgan fingerprint density at radius 2 is 2.17 bits per heavy atom. The van der Waals surface area contributed by atoms with Gasteiger partial charge in [0.05, 0.1) is 37.3 Å². The SMILES string of the molecule is Fc1ccc(OCCCN2CC[C@H]3[C@H](C2)OCc2cnnn23)cc1. The second-order valence-electron chi connectivity index (χ2n) is 6.33. The van der Waals surface area contributed by atoms with Crippen molar-refractivity contribution < 1.29 is 13.9 Å². The highest BCUT2D eigenvalue weighted by molar-refractivity contribution is 5.21. The quantitative estimate of drug-likeness (QED) is 0.784. The van der Waals surface area contributed by atoms with Crippen LogP contribution >= 0.6 is 0 Å². The van der Waals surface area contributed by atoms with Crippen LogP contribution in [0.2, 0.25) is 0 Å². The summed E-state index contributed by atoms with van der Waals surface area (Å²) in [5, 5.41) is 8.19. The van der Waals surface area contributed by atoms with Crippen LogP contribution in [0.1, 0.15) is 24.6 Å². The van der Waals surface area contributed by atoms with E-state index in [4.69, 9.17) is 9.47 Å². The van der Waals surface area contributed by atoms with E-state index >= 15 is 0 Å². The second kappa shape index (κ2) is 6.86. The molecule has 4 rings (SSSR count). The van der Waals surface area contributed by atoms with Crippen LogP contribution < -0.4 is 4.74 Å². The molecule has 0 saturated carbocycles. The van der Waals surface area contributed by atoms with Gasteiger partial charge < -0.3 is 14.4 Å². The smallest absolute Gasteiger partial charge is 0.123 e. The Balaban J connectivity index is 1.23. The van der Waals surface area contributed by atoms with Crippen LogP contribution in [0.3, 0.4) is 0 Å². The maximum absolute atomic E-state index is 12.8. The van der Waals surface area contributed by atoms with Crippen LogP contribution in [0, 0.1) is 5.82 Å². The summed E-state index contributed by atoms with van der Waals surface area (Å²) in [4.78, 5) is 2.41. The zero-order chi connectivity index (χ0) is 16.4. The van der Waals surface area contributed by atoms with Crippen molar-refractivity contribution in [1.29, 1.82) is 0 Å². The minimum Gasteiger partial charge on any atom is -0.494 e. The van der Waals surface area contributed by atoms with Crippen LogP contribution in [-0.4, -0.2) is 52.2 Å². The largest absolute Gasteiger partial charge is 0.494 e. The molecule has 0 spiro atoms. The average Bonchev–Trinajstić information content (AvgIpc) is 3.09. The molecule has 0 N–H and O–H groups in total. The van der Waals surface area contributed by atoms with Gasteiger partial charge in [-0.2, -0.15) is 0 Å². The fraction of sp³-hybridized carbons (Fsp3) is 0.529. The molecule has 0 amide bonds. The lowest BCUT2D eigenvalue weighted by molar-refractivity contribution is -0.0692. The predicted molar refractivity (Wildman–Crippen MR) is 85.2 cm³/mol. The zero-order valence-corrected chi connectivity index (χ0v) is 13.5. The van der Waals surface area contributed by atoms with Gasteiger partial charge in [0.25, 0.3) is 0 Å². The Hall–Kier alpha value is -1.99. The number of likely N-dealkylation sites (tertiary alicyclic amines) is 1. The molecule has 2 aromatic rings. The molecule has 0 aliphatic carbocycles. The van der Waals surface area contributed by atoms with Crippen LogP contribution in [0.25, 0.3) is 0 Å². The summed E-state index contributed by atoms with van der Waals surface area (Å²) in [5.74, 6) is 0.470. The number of benzene rings is 1. The number of nitrogens with zero attached hydrogens (tertiary/aromatic N) is 4. The summed E-state index contributed by atoms with van der Waals surface area (Å²) in [5.41, 5.74) is 1.07. The highest BCUT2D eigenvalue weighted by Crippen LogP contribution is 2.30. The van der Waals surface area contributed by atoms with E-state index in [0.717, 1.165) is 38.2 Å². The standard InChI is InChI=1S/C17H21FN4O2/c18-13-2-4-15(5-3-13)23-9-1-7-21-8-6-16-17(11-21)24-12-14-10-19-20-22(14)16/h2-5,10,16-17H,1,6-9,11-12H2/t16-,17-/m0/s1. The number of hydrogen-bond donors (Lipinski definition) is 0. The highest BCUT2D eigenvalue weighted by Gasteiger charge is 2.35. The fourth-order valence-electron chi connectivity index (χ4n) is 3.46. The van der Waals surface area contributed by atoms with Gasteiger partial charge in [0.15, 0.2) is 0 Å². The van der Waals surface area contributed by atoms with Crippen LogP contribution in [0.15, 0.2) is 30.5 Å². The third-order valence-electron chi connectivity index (χ3n) is 4.72. The normalized spacial score (nSPS) is 23.5. The summed E-state index contributed by atoms with van der Waals surface area (Å²) < 4.78 is 26.5. The molecule has 3 heterocycles. The van der Waals surface area contributed by atoms with E-state index in [1.165, 1.54) is 12.1 Å². The van der Waals surface area contributed by atoms with Gasteiger partial charge in [0, 0.05) is 19.6 Å². The van der Waals surface area contributed by atoms with Gasteiger partial charge in [-0.3, -0.25) is 0 Å². The Morgan fingerprint density at radius 3 is 3.04 bits per heavy atom. The lowest BCUT2D eigenvalue weighted by Crippen LogP contribution is -2.48. The van der Waals surface area contributed by atoms with Gasteiger partial charge in [-0.15, -0.1) is 5.10 Å². The lowest BCUT2D eigenvalue weighted by Gasteiger charge is -2.41. The first-order chi connectivity index (χ1) is 11.8. The molecule has 1 aromatic carbocycles. The first kappa shape index (κ1) is 15.5. The molecular formula is C17H21FN4O2. The number of ether oxygens (including phenoxy) is 2. The van der Waals surface area contributed by atoms with Crippen LogP contribution in [0.5, 0.6) is 5.75 Å². The molecule has 2 atom stereocenters. The molecule has 128 valence electrons. The Bertz CT molecular complexity index is 675. The van der Waals surface area contributed by atoms with Gasteiger partial charge in [-0.1, -0.05) is 5.21 Å².